The maximum Gasteiger partial charge on any atom is 0.0414 e. The Morgan fingerprint density at radius 2 is 1.85 bits per heavy atom. The highest BCUT2D eigenvalue weighted by atomic mass is 14.7. The molecule has 1 nitrogen and oxygen atoms in total. The number of hydrogen-bond acceptors (Lipinski definition) is 1. The first kappa shape index (κ1) is 8.49. The Hall–Kier alpha value is -1.11. The molecule has 1 heterocycles. The van der Waals surface area contributed by atoms with Gasteiger partial charge in [-0.05, 0) is 38.8 Å². The van der Waals surface area contributed by atoms with Gasteiger partial charge in [-0.2, -0.15) is 0 Å². The number of allylic oxidation sites excluding steroid dienone is 5. The second kappa shape index (κ2) is 2.69. The maximum absolute atomic E-state index is 4.38. The number of nitrogens with zero attached hydrogens (tertiary/aromatic N) is 1. The summed E-state index contributed by atoms with van der Waals surface area (Å²) in [5.41, 5.74) is 6.83. The predicted octanol–water partition coefficient (Wildman–Crippen LogP) is 3.26. The number of hydrogen-bond donors (Lipinski definition) is 0. The molecular formula is C12H15N. The van der Waals surface area contributed by atoms with E-state index in [1.165, 1.54) is 28.0 Å². The van der Waals surface area contributed by atoms with Gasteiger partial charge in [-0.25, -0.2) is 0 Å². The molecule has 68 valence electrons. The molecule has 0 radical (unpaired) electrons. The number of aliphatic imine (C=N–C) groups is 1. The Labute approximate surface area is 79.6 Å². The van der Waals surface area contributed by atoms with E-state index < -0.39 is 0 Å². The van der Waals surface area contributed by atoms with Gasteiger partial charge in [0.25, 0.3) is 0 Å². The van der Waals surface area contributed by atoms with Gasteiger partial charge < -0.3 is 0 Å². The summed E-state index contributed by atoms with van der Waals surface area (Å²) in [6.45, 7) is 8.66. The average Bonchev–Trinajstić information content (AvgIpc) is 2.38. The van der Waals surface area contributed by atoms with Crippen molar-refractivity contribution in [2.24, 2.45) is 10.9 Å². The van der Waals surface area contributed by atoms with Gasteiger partial charge >= 0.3 is 0 Å². The lowest BCUT2D eigenvalue weighted by Crippen LogP contribution is -2.13. The molecule has 2 rings (SSSR count). The lowest BCUT2D eigenvalue weighted by atomic mass is 9.86. The highest BCUT2D eigenvalue weighted by Crippen LogP contribution is 2.39. The van der Waals surface area contributed by atoms with E-state index in [9.17, 15) is 0 Å². The van der Waals surface area contributed by atoms with E-state index in [1.807, 2.05) is 6.20 Å². The molecule has 0 saturated heterocycles. The third-order valence-electron chi connectivity index (χ3n) is 3.07. The van der Waals surface area contributed by atoms with Gasteiger partial charge in [-0.1, -0.05) is 17.2 Å². The molecule has 0 N–H and O–H groups in total. The molecule has 0 saturated carbocycles. The first-order valence-electron chi connectivity index (χ1n) is 4.71. The molecule has 1 unspecified atom stereocenters. The molecule has 13 heavy (non-hydrogen) atoms. The fraction of sp³-hybridized carbons (Fsp3) is 0.417. The summed E-state index contributed by atoms with van der Waals surface area (Å²) >= 11 is 0. The van der Waals surface area contributed by atoms with Gasteiger partial charge in [-0.3, -0.25) is 4.99 Å². The van der Waals surface area contributed by atoms with E-state index in [1.54, 1.807) is 0 Å². The van der Waals surface area contributed by atoms with Crippen molar-refractivity contribution in [3.8, 4) is 0 Å². The maximum atomic E-state index is 4.38. The molecule has 1 aliphatic carbocycles. The van der Waals surface area contributed by atoms with E-state index in [0.29, 0.717) is 5.92 Å². The molecule has 0 bridgehead atoms. The van der Waals surface area contributed by atoms with Crippen LogP contribution in [-0.4, -0.2) is 5.71 Å². The second-order valence-corrected chi connectivity index (χ2v) is 3.99. The van der Waals surface area contributed by atoms with Crippen molar-refractivity contribution >= 4 is 5.71 Å². The molecule has 0 fully saturated rings. The fourth-order valence-electron chi connectivity index (χ4n) is 2.14. The average molecular weight is 173 g/mol. The van der Waals surface area contributed by atoms with E-state index >= 15 is 0 Å². The summed E-state index contributed by atoms with van der Waals surface area (Å²) in [5.74, 6) is 0.525. The smallest absolute Gasteiger partial charge is 0.0414 e. The van der Waals surface area contributed by atoms with Crippen molar-refractivity contribution in [3.63, 3.8) is 0 Å². The van der Waals surface area contributed by atoms with Crippen LogP contribution in [0.25, 0.3) is 0 Å². The third-order valence-corrected chi connectivity index (χ3v) is 3.07. The van der Waals surface area contributed by atoms with Crippen molar-refractivity contribution in [3.05, 3.63) is 34.6 Å². The molecule has 0 amide bonds. The van der Waals surface area contributed by atoms with Crippen LogP contribution >= 0.6 is 0 Å². The van der Waals surface area contributed by atoms with Crippen molar-refractivity contribution in [1.29, 1.82) is 0 Å². The largest absolute Gasteiger partial charge is 0.261 e. The second-order valence-electron chi connectivity index (χ2n) is 3.99. The standard InChI is InChI=1S/C12H15N/c1-7-5-11-10(4)13-6-8(2)12(11)9(7)3/h5-6,12H,1-4H3. The van der Waals surface area contributed by atoms with Gasteiger partial charge in [0.05, 0.1) is 0 Å². The van der Waals surface area contributed by atoms with Gasteiger partial charge in [0.1, 0.15) is 0 Å². The zero-order chi connectivity index (χ0) is 9.59. The Bertz CT molecular complexity index is 378. The molecule has 1 aliphatic heterocycles. The Kier molecular flexibility index (Phi) is 1.76. The molecule has 0 spiro atoms. The normalized spacial score (nSPS) is 26.8. The minimum absolute atomic E-state index is 0.525. The molecule has 0 aromatic carbocycles. The number of rotatable bonds is 0. The monoisotopic (exact) mass is 173 g/mol. The van der Waals surface area contributed by atoms with Crippen LogP contribution in [0.15, 0.2) is 39.6 Å². The van der Waals surface area contributed by atoms with E-state index in [-0.39, 0.29) is 0 Å². The van der Waals surface area contributed by atoms with Crippen LogP contribution < -0.4 is 0 Å². The summed E-state index contributed by atoms with van der Waals surface area (Å²) in [6, 6.07) is 0. The van der Waals surface area contributed by atoms with Crippen LogP contribution in [0.1, 0.15) is 27.7 Å². The predicted molar refractivity (Wildman–Crippen MR) is 56.8 cm³/mol. The molecule has 1 atom stereocenters. The summed E-state index contributed by atoms with van der Waals surface area (Å²) in [6.07, 6.45) is 4.27. The first-order chi connectivity index (χ1) is 6.11. The molecule has 2 aliphatic rings. The Morgan fingerprint density at radius 1 is 1.15 bits per heavy atom. The van der Waals surface area contributed by atoms with E-state index in [0.717, 1.165) is 0 Å². The Balaban J connectivity index is 2.53. The van der Waals surface area contributed by atoms with E-state index in [2.05, 4.69) is 38.8 Å². The van der Waals surface area contributed by atoms with Gasteiger partial charge in [0.2, 0.25) is 0 Å². The van der Waals surface area contributed by atoms with E-state index in [4.69, 9.17) is 0 Å². The lowest BCUT2D eigenvalue weighted by Gasteiger charge is -2.21. The van der Waals surface area contributed by atoms with Crippen LogP contribution in [0.5, 0.6) is 0 Å². The minimum Gasteiger partial charge on any atom is -0.261 e. The van der Waals surface area contributed by atoms with Gasteiger partial charge in [0, 0.05) is 17.8 Å². The van der Waals surface area contributed by atoms with Crippen LogP contribution in [0.4, 0.5) is 0 Å². The van der Waals surface area contributed by atoms with Crippen molar-refractivity contribution in [1.82, 2.24) is 0 Å². The first-order valence-corrected chi connectivity index (χ1v) is 4.71. The summed E-state index contributed by atoms with van der Waals surface area (Å²) < 4.78 is 0. The van der Waals surface area contributed by atoms with Crippen LogP contribution in [0.2, 0.25) is 0 Å². The molecule has 0 aromatic rings. The van der Waals surface area contributed by atoms with Crippen molar-refractivity contribution < 1.29 is 0 Å². The minimum atomic E-state index is 0.525. The van der Waals surface area contributed by atoms with Crippen molar-refractivity contribution in [2.75, 3.05) is 0 Å². The molecule has 0 aromatic heterocycles. The topological polar surface area (TPSA) is 12.4 Å². The quantitative estimate of drug-likeness (QED) is 0.533. The van der Waals surface area contributed by atoms with Gasteiger partial charge in [0.15, 0.2) is 0 Å². The molecule has 1 heteroatoms. The number of fused-ring (bicyclic) bond motifs is 1. The third kappa shape index (κ3) is 1.11. The lowest BCUT2D eigenvalue weighted by molar-refractivity contribution is 0.860. The SMILES string of the molecule is CC1=CN=C(C)C2=CC(C)=C(C)C12. The zero-order valence-electron chi connectivity index (χ0n) is 8.68. The zero-order valence-corrected chi connectivity index (χ0v) is 8.68. The Morgan fingerprint density at radius 3 is 2.46 bits per heavy atom. The van der Waals surface area contributed by atoms with Gasteiger partial charge in [-0.15, -0.1) is 0 Å². The summed E-state index contributed by atoms with van der Waals surface area (Å²) in [7, 11) is 0. The molecular weight excluding hydrogens is 158 g/mol. The highest BCUT2D eigenvalue weighted by Gasteiger charge is 2.27. The summed E-state index contributed by atoms with van der Waals surface area (Å²) in [4.78, 5) is 4.38. The highest BCUT2D eigenvalue weighted by molar-refractivity contribution is 6.02. The van der Waals surface area contributed by atoms with Crippen LogP contribution in [0, 0.1) is 5.92 Å². The fourth-order valence-corrected chi connectivity index (χ4v) is 2.14. The van der Waals surface area contributed by atoms with Crippen LogP contribution in [0.3, 0.4) is 0 Å². The summed E-state index contributed by atoms with van der Waals surface area (Å²) in [5, 5.41) is 0. The van der Waals surface area contributed by atoms with Crippen LogP contribution in [-0.2, 0) is 0 Å². The van der Waals surface area contributed by atoms with Crippen molar-refractivity contribution in [2.45, 2.75) is 27.7 Å².